The highest BCUT2D eigenvalue weighted by atomic mass is 16.5. The molecule has 1 aliphatic carbocycles. The minimum Gasteiger partial charge on any atom is -0.482 e. The molecule has 2 N–H and O–H groups in total. The summed E-state index contributed by atoms with van der Waals surface area (Å²) < 4.78 is 5.29. The Bertz CT molecular complexity index is 489. The van der Waals surface area contributed by atoms with Gasteiger partial charge in [0.1, 0.15) is 11.8 Å². The lowest BCUT2D eigenvalue weighted by Gasteiger charge is -2.14. The van der Waals surface area contributed by atoms with Gasteiger partial charge in [-0.1, -0.05) is 12.1 Å². The fourth-order valence-electron chi connectivity index (χ4n) is 1.63. The normalized spacial score (nSPS) is 15.6. The maximum atomic E-state index is 11.6. The molecule has 1 aliphatic rings. The van der Waals surface area contributed by atoms with Crippen LogP contribution in [-0.4, -0.2) is 29.8 Å². The highest BCUT2D eigenvalue weighted by Gasteiger charge is 2.43. The van der Waals surface area contributed by atoms with E-state index in [-0.39, 0.29) is 19.1 Å². The number of para-hydroxylation sites is 1. The molecule has 5 heteroatoms. The molecule has 1 aromatic carbocycles. The fraction of sp³-hybridized carbons (Fsp3) is 0.385. The summed E-state index contributed by atoms with van der Waals surface area (Å²) in [5.74, 6) is 0.110. The summed E-state index contributed by atoms with van der Waals surface area (Å²) in [5, 5.41) is 20.7. The van der Waals surface area contributed by atoms with Gasteiger partial charge in [-0.2, -0.15) is 5.26 Å². The molecule has 0 radical (unpaired) electrons. The van der Waals surface area contributed by atoms with E-state index in [4.69, 9.17) is 15.1 Å². The van der Waals surface area contributed by atoms with Crippen LogP contribution in [0.2, 0.25) is 0 Å². The number of nitrogens with one attached hydrogen (secondary N) is 1. The number of ether oxygens (including phenoxy) is 1. The summed E-state index contributed by atoms with van der Waals surface area (Å²) in [6.45, 7) is -0.200. The van der Waals surface area contributed by atoms with E-state index in [9.17, 15) is 4.79 Å². The molecule has 0 unspecified atom stereocenters. The van der Waals surface area contributed by atoms with Crippen LogP contribution >= 0.6 is 0 Å². The molecule has 2 rings (SSSR count). The third kappa shape index (κ3) is 2.79. The zero-order valence-corrected chi connectivity index (χ0v) is 9.85. The van der Waals surface area contributed by atoms with Crippen molar-refractivity contribution in [2.75, 3.05) is 13.2 Å². The molecule has 1 saturated carbocycles. The Balaban J connectivity index is 1.88. The third-order valence-corrected chi connectivity index (χ3v) is 2.93. The molecule has 1 amide bonds. The molecule has 1 fully saturated rings. The molecule has 0 heterocycles. The van der Waals surface area contributed by atoms with Crippen molar-refractivity contribution in [3.63, 3.8) is 0 Å². The molecule has 0 aromatic heterocycles. The predicted octanol–water partition coefficient (Wildman–Crippen LogP) is 0.578. The average molecular weight is 246 g/mol. The second kappa shape index (κ2) is 5.07. The van der Waals surface area contributed by atoms with Gasteiger partial charge < -0.3 is 15.2 Å². The zero-order valence-electron chi connectivity index (χ0n) is 9.85. The van der Waals surface area contributed by atoms with Crippen molar-refractivity contribution in [2.24, 2.45) is 0 Å². The molecule has 18 heavy (non-hydrogen) atoms. The first kappa shape index (κ1) is 12.4. The molecular formula is C13H14N2O3. The number of aliphatic hydroxyl groups is 1. The van der Waals surface area contributed by atoms with Gasteiger partial charge in [-0.3, -0.25) is 4.79 Å². The molecule has 5 nitrogen and oxygen atoms in total. The summed E-state index contributed by atoms with van der Waals surface area (Å²) >= 11 is 0. The Hall–Kier alpha value is -2.06. The van der Waals surface area contributed by atoms with Crippen molar-refractivity contribution in [3.05, 3.63) is 29.8 Å². The lowest BCUT2D eigenvalue weighted by Crippen LogP contribution is -2.42. The Morgan fingerprint density at radius 1 is 1.50 bits per heavy atom. The van der Waals surface area contributed by atoms with Crippen LogP contribution in [-0.2, 0) is 4.79 Å². The van der Waals surface area contributed by atoms with Crippen LogP contribution < -0.4 is 10.1 Å². The number of carbonyl (C=O) groups is 1. The Kier molecular flexibility index (Phi) is 3.49. The van der Waals surface area contributed by atoms with Gasteiger partial charge in [-0.15, -0.1) is 0 Å². The first-order valence-electron chi connectivity index (χ1n) is 5.73. The van der Waals surface area contributed by atoms with E-state index >= 15 is 0 Å². The van der Waals surface area contributed by atoms with Crippen molar-refractivity contribution < 1.29 is 14.6 Å². The molecule has 0 bridgehead atoms. The standard InChI is InChI=1S/C13H14N2O3/c14-7-10-3-1-2-4-11(10)18-8-12(17)15-13(9-16)5-6-13/h1-4,16H,5-6,8-9H2,(H,15,17). The van der Waals surface area contributed by atoms with Crippen molar-refractivity contribution in [1.29, 1.82) is 5.26 Å². The minimum atomic E-state index is -0.435. The van der Waals surface area contributed by atoms with Crippen molar-refractivity contribution in [1.82, 2.24) is 5.32 Å². The molecule has 0 atom stereocenters. The van der Waals surface area contributed by atoms with Gasteiger partial charge in [0.15, 0.2) is 6.61 Å². The molecule has 1 aromatic rings. The first-order chi connectivity index (χ1) is 8.69. The second-order valence-electron chi connectivity index (χ2n) is 4.38. The fourth-order valence-corrected chi connectivity index (χ4v) is 1.63. The summed E-state index contributed by atoms with van der Waals surface area (Å²) in [6, 6.07) is 8.74. The zero-order chi connectivity index (χ0) is 13.0. The van der Waals surface area contributed by atoms with Gasteiger partial charge in [-0.05, 0) is 25.0 Å². The Morgan fingerprint density at radius 2 is 2.22 bits per heavy atom. The number of carbonyl (C=O) groups excluding carboxylic acids is 1. The van der Waals surface area contributed by atoms with Crippen LogP contribution in [0.5, 0.6) is 5.75 Å². The smallest absolute Gasteiger partial charge is 0.258 e. The van der Waals surface area contributed by atoms with Crippen LogP contribution in [0.15, 0.2) is 24.3 Å². The second-order valence-corrected chi connectivity index (χ2v) is 4.38. The predicted molar refractivity (Wildman–Crippen MR) is 63.8 cm³/mol. The van der Waals surface area contributed by atoms with Crippen LogP contribution in [0.25, 0.3) is 0 Å². The number of hydrogen-bond donors (Lipinski definition) is 2. The van der Waals surface area contributed by atoms with E-state index in [2.05, 4.69) is 5.32 Å². The summed E-state index contributed by atoms with van der Waals surface area (Å²) in [6.07, 6.45) is 1.59. The minimum absolute atomic E-state index is 0.0481. The Morgan fingerprint density at radius 3 is 2.83 bits per heavy atom. The number of nitriles is 1. The van der Waals surface area contributed by atoms with Gasteiger partial charge in [0.2, 0.25) is 0 Å². The van der Waals surface area contributed by atoms with E-state index in [1.54, 1.807) is 24.3 Å². The topological polar surface area (TPSA) is 82.3 Å². The SMILES string of the molecule is N#Cc1ccccc1OCC(=O)NC1(CO)CC1. The maximum absolute atomic E-state index is 11.6. The number of amides is 1. The van der Waals surface area contributed by atoms with E-state index in [0.717, 1.165) is 12.8 Å². The average Bonchev–Trinajstić information content (AvgIpc) is 3.17. The Labute approximate surface area is 105 Å². The molecule has 0 saturated heterocycles. The summed E-state index contributed by atoms with van der Waals surface area (Å²) in [5.41, 5.74) is -0.0385. The van der Waals surface area contributed by atoms with Crippen LogP contribution in [0.4, 0.5) is 0 Å². The number of rotatable bonds is 5. The number of benzene rings is 1. The monoisotopic (exact) mass is 246 g/mol. The first-order valence-corrected chi connectivity index (χ1v) is 5.73. The van der Waals surface area contributed by atoms with Crippen molar-refractivity contribution in [3.8, 4) is 11.8 Å². The lowest BCUT2D eigenvalue weighted by atomic mass is 10.2. The highest BCUT2D eigenvalue weighted by molar-refractivity contribution is 5.79. The highest BCUT2D eigenvalue weighted by Crippen LogP contribution is 2.34. The van der Waals surface area contributed by atoms with Gasteiger partial charge in [0.05, 0.1) is 17.7 Å². The summed E-state index contributed by atoms with van der Waals surface area (Å²) in [4.78, 5) is 11.6. The van der Waals surface area contributed by atoms with E-state index < -0.39 is 5.54 Å². The molecule has 94 valence electrons. The van der Waals surface area contributed by atoms with Gasteiger partial charge in [0, 0.05) is 0 Å². The third-order valence-electron chi connectivity index (χ3n) is 2.93. The van der Waals surface area contributed by atoms with Gasteiger partial charge in [0.25, 0.3) is 5.91 Å². The maximum Gasteiger partial charge on any atom is 0.258 e. The number of aliphatic hydroxyl groups excluding tert-OH is 1. The van der Waals surface area contributed by atoms with Gasteiger partial charge >= 0.3 is 0 Å². The number of hydrogen-bond acceptors (Lipinski definition) is 4. The molecule has 0 spiro atoms. The largest absolute Gasteiger partial charge is 0.482 e. The van der Waals surface area contributed by atoms with Crippen molar-refractivity contribution >= 4 is 5.91 Å². The quantitative estimate of drug-likeness (QED) is 0.796. The van der Waals surface area contributed by atoms with Crippen molar-refractivity contribution in [2.45, 2.75) is 18.4 Å². The van der Waals surface area contributed by atoms with Gasteiger partial charge in [-0.25, -0.2) is 0 Å². The van der Waals surface area contributed by atoms with Crippen LogP contribution in [0.3, 0.4) is 0 Å². The number of nitrogens with zero attached hydrogens (tertiary/aromatic N) is 1. The van der Waals surface area contributed by atoms with E-state index in [1.165, 1.54) is 0 Å². The lowest BCUT2D eigenvalue weighted by molar-refractivity contribution is -0.124. The van der Waals surface area contributed by atoms with E-state index in [0.29, 0.717) is 11.3 Å². The summed E-state index contributed by atoms with van der Waals surface area (Å²) in [7, 11) is 0. The molecule has 0 aliphatic heterocycles. The van der Waals surface area contributed by atoms with Crippen LogP contribution in [0.1, 0.15) is 18.4 Å². The van der Waals surface area contributed by atoms with Crippen LogP contribution in [0, 0.1) is 11.3 Å². The molecular weight excluding hydrogens is 232 g/mol. The van der Waals surface area contributed by atoms with E-state index in [1.807, 2.05) is 6.07 Å².